The zero-order valence-electron chi connectivity index (χ0n) is 9.15. The molecule has 0 aromatic heterocycles. The molecule has 1 aliphatic rings. The molecule has 1 saturated heterocycles. The lowest BCUT2D eigenvalue weighted by Gasteiger charge is -2.22. The van der Waals surface area contributed by atoms with E-state index in [1.807, 2.05) is 42.2 Å². The van der Waals surface area contributed by atoms with Crippen LogP contribution in [0.2, 0.25) is 0 Å². The van der Waals surface area contributed by atoms with E-state index >= 15 is 0 Å². The molecule has 0 aliphatic carbocycles. The van der Waals surface area contributed by atoms with Crippen molar-refractivity contribution in [2.45, 2.75) is 26.2 Å². The quantitative estimate of drug-likeness (QED) is 0.687. The number of rotatable bonds is 1. The number of anilines is 1. The van der Waals surface area contributed by atoms with Gasteiger partial charge in [-0.1, -0.05) is 31.5 Å². The van der Waals surface area contributed by atoms with Crippen LogP contribution in [0.3, 0.4) is 0 Å². The predicted molar refractivity (Wildman–Crippen MR) is 61.8 cm³/mol. The topological polar surface area (TPSA) is 20.3 Å². The maximum Gasteiger partial charge on any atom is 0.229 e. The maximum atomic E-state index is 12.1. The van der Waals surface area contributed by atoms with Crippen molar-refractivity contribution in [2.24, 2.45) is 5.92 Å². The molecule has 0 N–H and O–H groups in total. The first kappa shape index (κ1) is 10.2. The van der Waals surface area contributed by atoms with Gasteiger partial charge in [-0.05, 0) is 25.0 Å². The van der Waals surface area contributed by atoms with Crippen molar-refractivity contribution < 1.29 is 4.79 Å². The maximum absolute atomic E-state index is 12.1. The second-order valence-electron chi connectivity index (χ2n) is 4.22. The highest BCUT2D eigenvalue weighted by Crippen LogP contribution is 2.22. The summed E-state index contributed by atoms with van der Waals surface area (Å²) in [6.45, 7) is 2.90. The summed E-state index contributed by atoms with van der Waals surface area (Å²) in [6.07, 6.45) is 3.31. The van der Waals surface area contributed by atoms with Gasteiger partial charge in [-0.15, -0.1) is 0 Å². The Hall–Kier alpha value is -1.31. The average Bonchev–Trinajstić information content (AvgIpc) is 2.44. The molecule has 1 unspecified atom stereocenters. The van der Waals surface area contributed by atoms with Crippen LogP contribution in [0.25, 0.3) is 0 Å². The molecule has 0 radical (unpaired) electrons. The Kier molecular flexibility index (Phi) is 3.05. The van der Waals surface area contributed by atoms with Crippen LogP contribution in [0.1, 0.15) is 26.2 Å². The van der Waals surface area contributed by atoms with Crippen LogP contribution in [0, 0.1) is 5.92 Å². The molecule has 1 aromatic carbocycles. The number of amides is 1. The van der Waals surface area contributed by atoms with E-state index in [1.165, 1.54) is 0 Å². The minimum Gasteiger partial charge on any atom is -0.312 e. The molecule has 1 fully saturated rings. The minimum atomic E-state index is 0.174. The van der Waals surface area contributed by atoms with E-state index in [-0.39, 0.29) is 11.8 Å². The summed E-state index contributed by atoms with van der Waals surface area (Å²) in [5.74, 6) is 0.450. The molecule has 1 aliphatic heterocycles. The molecular formula is C13H17NO. The fourth-order valence-corrected chi connectivity index (χ4v) is 2.08. The number of carbonyl (C=O) groups excluding carboxylic acids is 1. The van der Waals surface area contributed by atoms with Gasteiger partial charge in [0.1, 0.15) is 0 Å². The Morgan fingerprint density at radius 3 is 2.67 bits per heavy atom. The third kappa shape index (κ3) is 2.20. The highest BCUT2D eigenvalue weighted by molar-refractivity contribution is 5.94. The van der Waals surface area contributed by atoms with Gasteiger partial charge >= 0.3 is 0 Å². The van der Waals surface area contributed by atoms with Gasteiger partial charge in [0.05, 0.1) is 0 Å². The molecule has 15 heavy (non-hydrogen) atoms. The summed E-state index contributed by atoms with van der Waals surface area (Å²) in [4.78, 5) is 14.0. The van der Waals surface area contributed by atoms with Crippen LogP contribution < -0.4 is 4.90 Å². The number of nitrogens with zero attached hydrogens (tertiary/aromatic N) is 1. The van der Waals surface area contributed by atoms with E-state index in [0.717, 1.165) is 31.5 Å². The zero-order chi connectivity index (χ0) is 10.7. The molecule has 0 bridgehead atoms. The summed E-state index contributed by atoms with van der Waals surface area (Å²) in [6, 6.07) is 9.97. The molecule has 80 valence electrons. The number of benzene rings is 1. The first-order valence-electron chi connectivity index (χ1n) is 5.65. The van der Waals surface area contributed by atoms with Crippen LogP contribution in [0.5, 0.6) is 0 Å². The van der Waals surface area contributed by atoms with Crippen LogP contribution in [-0.2, 0) is 4.79 Å². The monoisotopic (exact) mass is 203 g/mol. The lowest BCUT2D eigenvalue weighted by atomic mass is 10.1. The number of hydrogen-bond acceptors (Lipinski definition) is 1. The molecule has 2 heteroatoms. The molecule has 0 saturated carbocycles. The second kappa shape index (κ2) is 4.47. The second-order valence-corrected chi connectivity index (χ2v) is 4.22. The molecular weight excluding hydrogens is 186 g/mol. The van der Waals surface area contributed by atoms with E-state index < -0.39 is 0 Å². The van der Waals surface area contributed by atoms with Gasteiger partial charge in [-0.25, -0.2) is 0 Å². The van der Waals surface area contributed by atoms with Gasteiger partial charge in [-0.3, -0.25) is 4.79 Å². The highest BCUT2D eigenvalue weighted by Gasteiger charge is 2.23. The van der Waals surface area contributed by atoms with Crippen LogP contribution in [0.15, 0.2) is 30.3 Å². The number of carbonyl (C=O) groups is 1. The van der Waals surface area contributed by atoms with Gasteiger partial charge in [0, 0.05) is 18.2 Å². The van der Waals surface area contributed by atoms with Gasteiger partial charge in [0.15, 0.2) is 0 Å². The van der Waals surface area contributed by atoms with E-state index in [1.54, 1.807) is 0 Å². The van der Waals surface area contributed by atoms with Crippen molar-refractivity contribution in [1.82, 2.24) is 0 Å². The van der Waals surface area contributed by atoms with Crippen LogP contribution >= 0.6 is 0 Å². The Morgan fingerprint density at radius 1 is 1.20 bits per heavy atom. The van der Waals surface area contributed by atoms with Gasteiger partial charge in [-0.2, -0.15) is 0 Å². The van der Waals surface area contributed by atoms with Crippen LogP contribution in [0.4, 0.5) is 5.69 Å². The number of hydrogen-bond donors (Lipinski definition) is 0. The van der Waals surface area contributed by atoms with Crippen LogP contribution in [-0.4, -0.2) is 12.5 Å². The molecule has 1 aromatic rings. The summed E-state index contributed by atoms with van der Waals surface area (Å²) < 4.78 is 0. The van der Waals surface area contributed by atoms with Crippen molar-refractivity contribution in [3.8, 4) is 0 Å². The van der Waals surface area contributed by atoms with E-state index in [9.17, 15) is 4.79 Å². The van der Waals surface area contributed by atoms with E-state index in [4.69, 9.17) is 0 Å². The standard InChI is InChI=1S/C13H17NO/c1-11-7-5-6-10-14(13(11)15)12-8-3-2-4-9-12/h2-4,8-9,11H,5-7,10H2,1H3. The highest BCUT2D eigenvalue weighted by atomic mass is 16.2. The normalized spacial score (nSPS) is 22.6. The first-order valence-corrected chi connectivity index (χ1v) is 5.65. The molecule has 0 spiro atoms. The summed E-state index contributed by atoms with van der Waals surface area (Å²) >= 11 is 0. The molecule has 1 atom stereocenters. The number of para-hydroxylation sites is 1. The zero-order valence-corrected chi connectivity index (χ0v) is 9.15. The minimum absolute atomic E-state index is 0.174. The van der Waals surface area contributed by atoms with Crippen molar-refractivity contribution in [3.05, 3.63) is 30.3 Å². The van der Waals surface area contributed by atoms with Gasteiger partial charge in [0.2, 0.25) is 5.91 Å². The van der Waals surface area contributed by atoms with Crippen molar-refractivity contribution in [3.63, 3.8) is 0 Å². The van der Waals surface area contributed by atoms with E-state index in [0.29, 0.717) is 0 Å². The third-order valence-corrected chi connectivity index (χ3v) is 3.02. The predicted octanol–water partition coefficient (Wildman–Crippen LogP) is 2.84. The molecule has 2 rings (SSSR count). The van der Waals surface area contributed by atoms with Gasteiger partial charge < -0.3 is 4.90 Å². The fourth-order valence-electron chi connectivity index (χ4n) is 2.08. The smallest absolute Gasteiger partial charge is 0.229 e. The molecule has 1 amide bonds. The summed E-state index contributed by atoms with van der Waals surface area (Å²) in [5.41, 5.74) is 1.04. The largest absolute Gasteiger partial charge is 0.312 e. The summed E-state index contributed by atoms with van der Waals surface area (Å²) in [5, 5.41) is 0. The van der Waals surface area contributed by atoms with Crippen molar-refractivity contribution in [2.75, 3.05) is 11.4 Å². The SMILES string of the molecule is CC1CCCCN(c2ccccc2)C1=O. The lowest BCUT2D eigenvalue weighted by molar-refractivity contribution is -0.121. The lowest BCUT2D eigenvalue weighted by Crippen LogP contribution is -2.33. The van der Waals surface area contributed by atoms with Crippen molar-refractivity contribution in [1.29, 1.82) is 0 Å². The van der Waals surface area contributed by atoms with E-state index in [2.05, 4.69) is 0 Å². The summed E-state index contributed by atoms with van der Waals surface area (Å²) in [7, 11) is 0. The fraction of sp³-hybridized carbons (Fsp3) is 0.462. The average molecular weight is 203 g/mol. The molecule has 1 heterocycles. The van der Waals surface area contributed by atoms with Gasteiger partial charge in [0.25, 0.3) is 0 Å². The third-order valence-electron chi connectivity index (χ3n) is 3.02. The Bertz CT molecular complexity index is 334. The Balaban J connectivity index is 2.23. The first-order chi connectivity index (χ1) is 7.29. The van der Waals surface area contributed by atoms with Crippen molar-refractivity contribution >= 4 is 11.6 Å². The Labute approximate surface area is 90.9 Å². The molecule has 2 nitrogen and oxygen atoms in total. The Morgan fingerprint density at radius 2 is 1.93 bits per heavy atom.